The zero-order chi connectivity index (χ0) is 16.6. The molecule has 6 nitrogen and oxygen atoms in total. The fraction of sp³-hybridized carbons (Fsp3) is 0.471. The minimum Gasteiger partial charge on any atom is -0.347 e. The summed E-state index contributed by atoms with van der Waals surface area (Å²) in [4.78, 5) is 38.0. The molecule has 1 aromatic carbocycles. The summed E-state index contributed by atoms with van der Waals surface area (Å²) in [6, 6.07) is 6.32. The predicted octanol–water partition coefficient (Wildman–Crippen LogP) is 0.467. The van der Waals surface area contributed by atoms with Crippen molar-refractivity contribution in [3.05, 3.63) is 35.4 Å². The van der Waals surface area contributed by atoms with Crippen molar-refractivity contribution < 1.29 is 14.4 Å². The van der Waals surface area contributed by atoms with E-state index in [0.29, 0.717) is 18.5 Å². The summed E-state index contributed by atoms with van der Waals surface area (Å²) < 4.78 is 0. The highest BCUT2D eigenvalue weighted by molar-refractivity contribution is 5.98. The van der Waals surface area contributed by atoms with Crippen LogP contribution in [0, 0.1) is 0 Å². The van der Waals surface area contributed by atoms with Gasteiger partial charge in [-0.15, -0.1) is 0 Å². The number of hydrogen-bond acceptors (Lipinski definition) is 3. The second kappa shape index (κ2) is 6.02. The van der Waals surface area contributed by atoms with Crippen LogP contribution in [0.1, 0.15) is 36.2 Å². The number of nitrogens with zero attached hydrogens (tertiary/aromatic N) is 1. The van der Waals surface area contributed by atoms with Gasteiger partial charge in [0, 0.05) is 18.2 Å². The highest BCUT2D eigenvalue weighted by atomic mass is 16.2. The molecule has 2 heterocycles. The Bertz CT molecular complexity index is 641. The topological polar surface area (TPSA) is 78.5 Å². The molecule has 0 spiro atoms. The molecular formula is C17H21N3O3. The monoisotopic (exact) mass is 315 g/mol. The number of carbonyl (C=O) groups excluding carboxylic acids is 3. The van der Waals surface area contributed by atoms with Crippen molar-refractivity contribution in [1.29, 1.82) is 0 Å². The summed E-state index contributed by atoms with van der Waals surface area (Å²) in [5.74, 6) is -0.391. The summed E-state index contributed by atoms with van der Waals surface area (Å²) in [5, 5.41) is 5.61. The third-order valence-electron chi connectivity index (χ3n) is 4.58. The Balaban J connectivity index is 1.66. The summed E-state index contributed by atoms with van der Waals surface area (Å²) in [5.41, 5.74) is 1.77. The van der Waals surface area contributed by atoms with Gasteiger partial charge >= 0.3 is 0 Å². The lowest BCUT2D eigenvalue weighted by molar-refractivity contribution is -0.146. The van der Waals surface area contributed by atoms with E-state index in [4.69, 9.17) is 0 Å². The Labute approximate surface area is 135 Å². The minimum atomic E-state index is -0.491. The number of rotatable bonds is 3. The van der Waals surface area contributed by atoms with Crippen LogP contribution in [0.2, 0.25) is 0 Å². The van der Waals surface area contributed by atoms with E-state index in [2.05, 4.69) is 17.6 Å². The molecule has 0 radical (unpaired) electrons. The minimum absolute atomic E-state index is 0.0846. The molecule has 3 atom stereocenters. The van der Waals surface area contributed by atoms with Gasteiger partial charge < -0.3 is 15.5 Å². The van der Waals surface area contributed by atoms with E-state index in [0.717, 1.165) is 6.42 Å². The Morgan fingerprint density at radius 2 is 2.00 bits per heavy atom. The van der Waals surface area contributed by atoms with Crippen LogP contribution in [0.3, 0.4) is 0 Å². The number of piperazine rings is 1. The molecule has 23 heavy (non-hydrogen) atoms. The van der Waals surface area contributed by atoms with Crippen molar-refractivity contribution in [3.63, 3.8) is 0 Å². The Morgan fingerprint density at radius 3 is 2.65 bits per heavy atom. The van der Waals surface area contributed by atoms with Crippen molar-refractivity contribution in [2.45, 2.75) is 44.8 Å². The van der Waals surface area contributed by atoms with Crippen LogP contribution in [0.25, 0.3) is 0 Å². The molecule has 2 aliphatic rings. The van der Waals surface area contributed by atoms with Crippen LogP contribution in [-0.2, 0) is 16.0 Å². The molecule has 2 saturated heterocycles. The maximum Gasteiger partial charge on any atom is 0.251 e. The van der Waals surface area contributed by atoms with Gasteiger partial charge in [0.15, 0.2) is 0 Å². The molecule has 0 unspecified atom stereocenters. The van der Waals surface area contributed by atoms with E-state index in [1.807, 2.05) is 12.1 Å². The lowest BCUT2D eigenvalue weighted by Gasteiger charge is -2.32. The molecule has 2 fully saturated rings. The van der Waals surface area contributed by atoms with E-state index in [9.17, 15) is 14.4 Å². The Kier molecular flexibility index (Phi) is 4.07. The van der Waals surface area contributed by atoms with Crippen LogP contribution >= 0.6 is 0 Å². The predicted molar refractivity (Wildman–Crippen MR) is 84.8 cm³/mol. The van der Waals surface area contributed by atoms with E-state index in [-0.39, 0.29) is 23.8 Å². The van der Waals surface area contributed by atoms with Gasteiger partial charge in [0.25, 0.3) is 5.91 Å². The van der Waals surface area contributed by atoms with Gasteiger partial charge in [-0.3, -0.25) is 14.4 Å². The standard InChI is InChI=1S/C17H21N3O3/c1-3-11-4-6-12(7-5-11)15(21)19-13-8-14-16(22)18-10(2)17(23)20(14)9-13/h4-7,10,13-14H,3,8-9H2,1-2H3,(H,18,22)(H,19,21)/t10-,13+,14+/m1/s1. The lowest BCUT2D eigenvalue weighted by atomic mass is 10.1. The highest BCUT2D eigenvalue weighted by Gasteiger charge is 2.45. The smallest absolute Gasteiger partial charge is 0.251 e. The number of amides is 3. The maximum absolute atomic E-state index is 12.3. The molecule has 2 aliphatic heterocycles. The molecule has 3 rings (SSSR count). The number of carbonyl (C=O) groups is 3. The maximum atomic E-state index is 12.3. The first-order valence-electron chi connectivity index (χ1n) is 8.00. The second-order valence-electron chi connectivity index (χ2n) is 6.19. The number of benzene rings is 1. The van der Waals surface area contributed by atoms with Crippen molar-refractivity contribution in [2.75, 3.05) is 6.54 Å². The van der Waals surface area contributed by atoms with E-state index < -0.39 is 12.1 Å². The van der Waals surface area contributed by atoms with Gasteiger partial charge in [-0.05, 0) is 37.5 Å². The van der Waals surface area contributed by atoms with Crippen molar-refractivity contribution >= 4 is 17.7 Å². The van der Waals surface area contributed by atoms with Gasteiger partial charge in [-0.2, -0.15) is 0 Å². The number of nitrogens with one attached hydrogen (secondary N) is 2. The summed E-state index contributed by atoms with van der Waals surface area (Å²) in [7, 11) is 0. The molecule has 3 amide bonds. The largest absolute Gasteiger partial charge is 0.347 e. The molecule has 6 heteroatoms. The van der Waals surface area contributed by atoms with Gasteiger partial charge in [0.2, 0.25) is 11.8 Å². The fourth-order valence-corrected chi connectivity index (χ4v) is 3.21. The van der Waals surface area contributed by atoms with Crippen LogP contribution in [-0.4, -0.2) is 47.3 Å². The molecule has 0 bridgehead atoms. The highest BCUT2D eigenvalue weighted by Crippen LogP contribution is 2.22. The Morgan fingerprint density at radius 1 is 1.30 bits per heavy atom. The van der Waals surface area contributed by atoms with Gasteiger partial charge in [0.05, 0.1) is 0 Å². The molecule has 2 N–H and O–H groups in total. The van der Waals surface area contributed by atoms with Gasteiger partial charge in [-0.25, -0.2) is 0 Å². The van der Waals surface area contributed by atoms with E-state index in [1.165, 1.54) is 5.56 Å². The zero-order valence-corrected chi connectivity index (χ0v) is 13.3. The molecule has 0 aliphatic carbocycles. The van der Waals surface area contributed by atoms with Gasteiger partial charge in [-0.1, -0.05) is 19.1 Å². The summed E-state index contributed by atoms with van der Waals surface area (Å²) >= 11 is 0. The number of fused-ring (bicyclic) bond motifs is 1. The second-order valence-corrected chi connectivity index (χ2v) is 6.19. The van der Waals surface area contributed by atoms with Crippen molar-refractivity contribution in [2.24, 2.45) is 0 Å². The van der Waals surface area contributed by atoms with E-state index >= 15 is 0 Å². The third-order valence-corrected chi connectivity index (χ3v) is 4.58. The van der Waals surface area contributed by atoms with Crippen LogP contribution in [0.5, 0.6) is 0 Å². The molecule has 1 aromatic rings. The summed E-state index contributed by atoms with van der Waals surface area (Å²) in [6.07, 6.45) is 1.39. The van der Waals surface area contributed by atoms with Crippen LogP contribution in [0.15, 0.2) is 24.3 Å². The quantitative estimate of drug-likeness (QED) is 0.851. The third kappa shape index (κ3) is 2.93. The first-order chi connectivity index (χ1) is 11.0. The van der Waals surface area contributed by atoms with Gasteiger partial charge in [0.1, 0.15) is 12.1 Å². The van der Waals surface area contributed by atoms with Crippen LogP contribution in [0.4, 0.5) is 0 Å². The summed E-state index contributed by atoms with van der Waals surface area (Å²) in [6.45, 7) is 4.13. The number of aryl methyl sites for hydroxylation is 1. The fourth-order valence-electron chi connectivity index (χ4n) is 3.21. The zero-order valence-electron chi connectivity index (χ0n) is 13.3. The van der Waals surface area contributed by atoms with Crippen LogP contribution < -0.4 is 10.6 Å². The van der Waals surface area contributed by atoms with Crippen molar-refractivity contribution in [3.8, 4) is 0 Å². The first kappa shape index (κ1) is 15.5. The SMILES string of the molecule is CCc1ccc(C(=O)N[C@H]2C[C@H]3C(=O)N[C@H](C)C(=O)N3C2)cc1. The molecule has 0 aromatic heterocycles. The van der Waals surface area contributed by atoms with E-state index in [1.54, 1.807) is 24.0 Å². The van der Waals surface area contributed by atoms with Crippen molar-refractivity contribution in [1.82, 2.24) is 15.5 Å². The average Bonchev–Trinajstić information content (AvgIpc) is 2.97. The molecule has 122 valence electrons. The molecule has 0 saturated carbocycles. The Hall–Kier alpha value is -2.37. The lowest BCUT2D eigenvalue weighted by Crippen LogP contribution is -2.60. The number of hydrogen-bond donors (Lipinski definition) is 2. The average molecular weight is 315 g/mol. The first-order valence-corrected chi connectivity index (χ1v) is 8.00. The molecular weight excluding hydrogens is 294 g/mol. The normalized spacial score (nSPS) is 26.7.